The first-order chi connectivity index (χ1) is 11.7. The Kier molecular flexibility index (Phi) is 5.38. The monoisotopic (exact) mass is 330 g/mol. The van der Waals surface area contributed by atoms with Gasteiger partial charge >= 0.3 is 0 Å². The number of benzene rings is 1. The zero-order valence-corrected chi connectivity index (χ0v) is 14.2. The number of ether oxygens (including phenoxy) is 1. The molecule has 24 heavy (non-hydrogen) atoms. The van der Waals surface area contributed by atoms with E-state index in [1.54, 1.807) is 13.2 Å². The van der Waals surface area contributed by atoms with Crippen molar-refractivity contribution in [3.8, 4) is 5.75 Å². The van der Waals surface area contributed by atoms with Gasteiger partial charge in [0, 0.05) is 17.8 Å². The molecule has 0 aliphatic heterocycles. The predicted octanol–water partition coefficient (Wildman–Crippen LogP) is 3.11. The van der Waals surface area contributed by atoms with Crippen LogP contribution in [-0.4, -0.2) is 25.0 Å². The molecule has 2 N–H and O–H groups in total. The lowest BCUT2D eigenvalue weighted by Crippen LogP contribution is -2.36. The molecular weight excluding hydrogens is 304 g/mol. The SMILES string of the molecule is COc1cccc(NC(=O)C2CC2C(=O)NC2CCCCCC2)c1. The summed E-state index contributed by atoms with van der Waals surface area (Å²) in [5, 5.41) is 6.03. The van der Waals surface area contributed by atoms with E-state index in [1.165, 1.54) is 25.7 Å². The van der Waals surface area contributed by atoms with Gasteiger partial charge in [-0.2, -0.15) is 0 Å². The summed E-state index contributed by atoms with van der Waals surface area (Å²) >= 11 is 0. The third-order valence-electron chi connectivity index (χ3n) is 5.00. The van der Waals surface area contributed by atoms with Gasteiger partial charge in [0.25, 0.3) is 0 Å². The molecule has 130 valence electrons. The number of hydrogen-bond donors (Lipinski definition) is 2. The van der Waals surface area contributed by atoms with Crippen LogP contribution in [-0.2, 0) is 9.59 Å². The van der Waals surface area contributed by atoms with Crippen molar-refractivity contribution < 1.29 is 14.3 Å². The maximum Gasteiger partial charge on any atom is 0.228 e. The molecule has 3 rings (SSSR count). The molecule has 0 radical (unpaired) electrons. The van der Waals surface area contributed by atoms with Crippen LogP contribution >= 0.6 is 0 Å². The number of anilines is 1. The molecule has 1 aromatic carbocycles. The van der Waals surface area contributed by atoms with Crippen molar-refractivity contribution in [1.29, 1.82) is 0 Å². The third-order valence-corrected chi connectivity index (χ3v) is 5.00. The van der Waals surface area contributed by atoms with Crippen LogP contribution in [0.25, 0.3) is 0 Å². The summed E-state index contributed by atoms with van der Waals surface area (Å²) in [6, 6.07) is 7.56. The lowest BCUT2D eigenvalue weighted by atomic mass is 10.1. The standard InChI is InChI=1S/C19H26N2O3/c1-24-15-10-6-9-14(11-15)21-19(23)17-12-16(17)18(22)20-13-7-4-2-3-5-8-13/h6,9-11,13,16-17H,2-5,7-8,12H2,1H3,(H,20,22)(H,21,23). The Balaban J connectivity index is 1.48. The molecule has 1 aromatic rings. The minimum atomic E-state index is -0.207. The number of rotatable bonds is 5. The zero-order valence-electron chi connectivity index (χ0n) is 14.2. The summed E-state index contributed by atoms with van der Waals surface area (Å²) in [4.78, 5) is 24.6. The van der Waals surface area contributed by atoms with Crippen molar-refractivity contribution >= 4 is 17.5 Å². The fraction of sp³-hybridized carbons (Fsp3) is 0.579. The molecule has 2 aliphatic rings. The van der Waals surface area contributed by atoms with Gasteiger partial charge in [-0.05, 0) is 31.4 Å². The molecule has 2 saturated carbocycles. The highest BCUT2D eigenvalue weighted by molar-refractivity contribution is 5.99. The lowest BCUT2D eigenvalue weighted by Gasteiger charge is -2.16. The second-order valence-corrected chi connectivity index (χ2v) is 6.87. The van der Waals surface area contributed by atoms with Crippen molar-refractivity contribution in [2.45, 2.75) is 51.0 Å². The fourth-order valence-corrected chi connectivity index (χ4v) is 3.44. The highest BCUT2D eigenvalue weighted by atomic mass is 16.5. The number of carbonyl (C=O) groups excluding carboxylic acids is 2. The number of amides is 2. The highest BCUT2D eigenvalue weighted by Crippen LogP contribution is 2.40. The van der Waals surface area contributed by atoms with Crippen LogP contribution in [0.5, 0.6) is 5.75 Å². The van der Waals surface area contributed by atoms with Crippen molar-refractivity contribution in [3.63, 3.8) is 0 Å². The van der Waals surface area contributed by atoms with E-state index in [1.807, 2.05) is 18.2 Å². The summed E-state index contributed by atoms with van der Waals surface area (Å²) < 4.78 is 5.15. The molecule has 0 aromatic heterocycles. The Hall–Kier alpha value is -2.04. The maximum atomic E-state index is 12.3. The Morgan fingerprint density at radius 2 is 1.75 bits per heavy atom. The summed E-state index contributed by atoms with van der Waals surface area (Å²) in [5.41, 5.74) is 0.703. The van der Waals surface area contributed by atoms with Crippen molar-refractivity contribution in [3.05, 3.63) is 24.3 Å². The fourth-order valence-electron chi connectivity index (χ4n) is 3.44. The molecule has 0 saturated heterocycles. The van der Waals surface area contributed by atoms with Crippen LogP contribution in [0, 0.1) is 11.8 Å². The van der Waals surface area contributed by atoms with Crippen molar-refractivity contribution in [1.82, 2.24) is 5.32 Å². The van der Waals surface area contributed by atoms with E-state index in [2.05, 4.69) is 10.6 Å². The summed E-state index contributed by atoms with van der Waals surface area (Å²) in [5.74, 6) is 0.295. The van der Waals surface area contributed by atoms with Crippen LogP contribution in [0.15, 0.2) is 24.3 Å². The van der Waals surface area contributed by atoms with Crippen LogP contribution in [0.1, 0.15) is 44.9 Å². The number of hydrogen-bond acceptors (Lipinski definition) is 3. The first-order valence-electron chi connectivity index (χ1n) is 8.92. The zero-order chi connectivity index (χ0) is 16.9. The number of methoxy groups -OCH3 is 1. The van der Waals surface area contributed by atoms with E-state index < -0.39 is 0 Å². The normalized spacial score (nSPS) is 23.9. The Morgan fingerprint density at radius 1 is 1.04 bits per heavy atom. The molecule has 2 atom stereocenters. The van der Waals surface area contributed by atoms with Crippen LogP contribution < -0.4 is 15.4 Å². The van der Waals surface area contributed by atoms with Gasteiger partial charge in [0.15, 0.2) is 0 Å². The first-order valence-corrected chi connectivity index (χ1v) is 8.92. The highest BCUT2D eigenvalue weighted by Gasteiger charge is 2.48. The Bertz CT molecular complexity index is 594. The van der Waals surface area contributed by atoms with Gasteiger partial charge in [-0.25, -0.2) is 0 Å². The molecular formula is C19H26N2O3. The van der Waals surface area contributed by atoms with Gasteiger partial charge < -0.3 is 15.4 Å². The minimum absolute atomic E-state index is 0.0488. The Labute approximate surface area is 143 Å². The van der Waals surface area contributed by atoms with E-state index in [4.69, 9.17) is 4.74 Å². The second-order valence-electron chi connectivity index (χ2n) is 6.87. The maximum absolute atomic E-state index is 12.3. The number of nitrogens with one attached hydrogen (secondary N) is 2. The van der Waals surface area contributed by atoms with Gasteiger partial charge in [-0.15, -0.1) is 0 Å². The smallest absolute Gasteiger partial charge is 0.228 e. The van der Waals surface area contributed by atoms with Crippen LogP contribution in [0.2, 0.25) is 0 Å². The Morgan fingerprint density at radius 3 is 2.46 bits per heavy atom. The van der Waals surface area contributed by atoms with E-state index in [9.17, 15) is 9.59 Å². The minimum Gasteiger partial charge on any atom is -0.497 e. The van der Waals surface area contributed by atoms with Gasteiger partial charge in [0.1, 0.15) is 5.75 Å². The molecule has 5 heteroatoms. The quantitative estimate of drug-likeness (QED) is 0.815. The molecule has 2 fully saturated rings. The van der Waals surface area contributed by atoms with Crippen molar-refractivity contribution in [2.75, 3.05) is 12.4 Å². The van der Waals surface area contributed by atoms with Gasteiger partial charge in [0.2, 0.25) is 11.8 Å². The number of carbonyl (C=O) groups is 2. The topological polar surface area (TPSA) is 67.4 Å². The molecule has 0 bridgehead atoms. The molecule has 2 unspecified atom stereocenters. The average molecular weight is 330 g/mol. The summed E-state index contributed by atoms with van der Waals surface area (Å²) in [6.45, 7) is 0. The average Bonchev–Trinajstić information content (AvgIpc) is 3.40. The van der Waals surface area contributed by atoms with Gasteiger partial charge in [-0.3, -0.25) is 9.59 Å². The predicted molar refractivity (Wildman–Crippen MR) is 92.9 cm³/mol. The molecule has 2 aliphatic carbocycles. The van der Waals surface area contributed by atoms with Crippen molar-refractivity contribution in [2.24, 2.45) is 11.8 Å². The third kappa shape index (κ3) is 4.28. The van der Waals surface area contributed by atoms with E-state index in [0.717, 1.165) is 12.8 Å². The molecule has 5 nitrogen and oxygen atoms in total. The van der Waals surface area contributed by atoms with E-state index >= 15 is 0 Å². The summed E-state index contributed by atoms with van der Waals surface area (Å²) in [6.07, 6.45) is 7.69. The van der Waals surface area contributed by atoms with Crippen LogP contribution in [0.4, 0.5) is 5.69 Å². The first kappa shape index (κ1) is 16.8. The lowest BCUT2D eigenvalue weighted by molar-refractivity contribution is -0.125. The molecule has 2 amide bonds. The molecule has 0 spiro atoms. The van der Waals surface area contributed by atoms with E-state index in [0.29, 0.717) is 23.9 Å². The second kappa shape index (κ2) is 7.69. The largest absolute Gasteiger partial charge is 0.497 e. The van der Waals surface area contributed by atoms with Crippen LogP contribution in [0.3, 0.4) is 0 Å². The molecule has 0 heterocycles. The van der Waals surface area contributed by atoms with E-state index in [-0.39, 0.29) is 23.7 Å². The van der Waals surface area contributed by atoms with Gasteiger partial charge in [-0.1, -0.05) is 31.7 Å². The summed E-state index contributed by atoms with van der Waals surface area (Å²) in [7, 11) is 1.59. The van der Waals surface area contributed by atoms with Gasteiger partial charge in [0.05, 0.1) is 18.9 Å².